The second-order valence-corrected chi connectivity index (χ2v) is 4.24. The summed E-state index contributed by atoms with van der Waals surface area (Å²) < 4.78 is 27.7. The number of nitriles is 1. The highest BCUT2D eigenvalue weighted by atomic mass is 19.2. The molecule has 102 valence electrons. The highest BCUT2D eigenvalue weighted by Gasteiger charge is 2.17. The lowest BCUT2D eigenvalue weighted by Crippen LogP contribution is -2.23. The first-order valence-corrected chi connectivity index (χ1v) is 6.19. The normalized spacial score (nSPS) is 10.1. The zero-order chi connectivity index (χ0) is 14.5. The number of pyridine rings is 1. The second-order valence-electron chi connectivity index (χ2n) is 4.24. The standard InChI is InChI=1S/C15H13F2N3/c1-2-20(10-11-5-7-19-8-6-11)13-4-3-12(9-18)14(16)15(13)17/h3-8H,2,10H2,1H3. The molecule has 0 N–H and O–H groups in total. The van der Waals surface area contributed by atoms with E-state index in [1.165, 1.54) is 12.1 Å². The predicted molar refractivity (Wildman–Crippen MR) is 72.0 cm³/mol. The number of benzene rings is 1. The topological polar surface area (TPSA) is 39.9 Å². The predicted octanol–water partition coefficient (Wildman–Crippen LogP) is 3.26. The maximum absolute atomic E-state index is 14.0. The molecule has 0 unspecified atom stereocenters. The van der Waals surface area contributed by atoms with Crippen molar-refractivity contribution in [1.29, 1.82) is 5.26 Å². The Morgan fingerprint density at radius 2 is 1.85 bits per heavy atom. The van der Waals surface area contributed by atoms with E-state index in [1.54, 1.807) is 23.4 Å². The smallest absolute Gasteiger partial charge is 0.183 e. The van der Waals surface area contributed by atoms with Crippen molar-refractivity contribution in [2.75, 3.05) is 11.4 Å². The largest absolute Gasteiger partial charge is 0.365 e. The number of aromatic nitrogens is 1. The van der Waals surface area contributed by atoms with Crippen LogP contribution in [0.25, 0.3) is 0 Å². The summed E-state index contributed by atoms with van der Waals surface area (Å²) in [5.41, 5.74) is 0.818. The second kappa shape index (κ2) is 6.11. The van der Waals surface area contributed by atoms with Gasteiger partial charge in [0.2, 0.25) is 0 Å². The minimum atomic E-state index is -1.10. The number of anilines is 1. The van der Waals surface area contributed by atoms with Crippen LogP contribution in [-0.2, 0) is 6.54 Å². The molecule has 0 aliphatic rings. The molecule has 0 bridgehead atoms. The fourth-order valence-corrected chi connectivity index (χ4v) is 1.95. The van der Waals surface area contributed by atoms with E-state index >= 15 is 0 Å². The van der Waals surface area contributed by atoms with E-state index in [-0.39, 0.29) is 11.3 Å². The van der Waals surface area contributed by atoms with Gasteiger partial charge in [-0.15, -0.1) is 0 Å². The fraction of sp³-hybridized carbons (Fsp3) is 0.200. The molecule has 1 heterocycles. The summed E-state index contributed by atoms with van der Waals surface area (Å²) in [5, 5.41) is 8.69. The summed E-state index contributed by atoms with van der Waals surface area (Å²) in [5.74, 6) is -2.09. The van der Waals surface area contributed by atoms with Crippen LogP contribution >= 0.6 is 0 Å². The van der Waals surface area contributed by atoms with E-state index in [2.05, 4.69) is 4.98 Å². The molecule has 0 radical (unpaired) electrons. The molecule has 20 heavy (non-hydrogen) atoms. The van der Waals surface area contributed by atoms with Crippen LogP contribution in [0.5, 0.6) is 0 Å². The van der Waals surface area contributed by atoms with E-state index in [0.29, 0.717) is 13.1 Å². The third kappa shape index (κ3) is 2.75. The summed E-state index contributed by atoms with van der Waals surface area (Å²) in [7, 11) is 0. The molecule has 1 aromatic carbocycles. The average molecular weight is 273 g/mol. The first kappa shape index (κ1) is 13.9. The van der Waals surface area contributed by atoms with Gasteiger partial charge in [0.05, 0.1) is 11.3 Å². The average Bonchev–Trinajstić information content (AvgIpc) is 2.49. The van der Waals surface area contributed by atoms with Crippen LogP contribution in [0.2, 0.25) is 0 Å². The molecular formula is C15H13F2N3. The van der Waals surface area contributed by atoms with E-state index in [0.717, 1.165) is 5.56 Å². The van der Waals surface area contributed by atoms with Gasteiger partial charge in [-0.2, -0.15) is 5.26 Å². The van der Waals surface area contributed by atoms with Gasteiger partial charge >= 0.3 is 0 Å². The third-order valence-corrected chi connectivity index (χ3v) is 3.03. The van der Waals surface area contributed by atoms with Crippen molar-refractivity contribution in [3.05, 3.63) is 59.4 Å². The van der Waals surface area contributed by atoms with Gasteiger partial charge in [0.25, 0.3) is 0 Å². The zero-order valence-electron chi connectivity index (χ0n) is 11.0. The van der Waals surface area contributed by atoms with Gasteiger partial charge < -0.3 is 4.90 Å². The summed E-state index contributed by atoms with van der Waals surface area (Å²) >= 11 is 0. The molecule has 5 heteroatoms. The van der Waals surface area contributed by atoms with Crippen molar-refractivity contribution in [3.8, 4) is 6.07 Å². The van der Waals surface area contributed by atoms with Crippen molar-refractivity contribution in [2.45, 2.75) is 13.5 Å². The number of hydrogen-bond acceptors (Lipinski definition) is 3. The highest BCUT2D eigenvalue weighted by molar-refractivity contribution is 5.52. The summed E-state index contributed by atoms with van der Waals surface area (Å²) in [6, 6.07) is 7.99. The molecule has 0 aliphatic carbocycles. The van der Waals surface area contributed by atoms with E-state index in [1.807, 2.05) is 19.1 Å². The Kier molecular flexibility index (Phi) is 4.26. The Hall–Kier alpha value is -2.48. The lowest BCUT2D eigenvalue weighted by molar-refractivity contribution is 0.503. The minimum absolute atomic E-state index is 0.154. The van der Waals surface area contributed by atoms with Crippen LogP contribution in [0.1, 0.15) is 18.1 Å². The molecule has 0 saturated carbocycles. The molecule has 0 fully saturated rings. The quantitative estimate of drug-likeness (QED) is 0.858. The van der Waals surface area contributed by atoms with Crippen LogP contribution in [-0.4, -0.2) is 11.5 Å². The van der Waals surface area contributed by atoms with Gasteiger partial charge in [-0.05, 0) is 36.8 Å². The Balaban J connectivity index is 2.33. The number of halogens is 2. The molecule has 0 amide bonds. The number of nitrogens with zero attached hydrogens (tertiary/aromatic N) is 3. The lowest BCUT2D eigenvalue weighted by Gasteiger charge is -2.24. The molecule has 3 nitrogen and oxygen atoms in total. The Bertz CT molecular complexity index is 636. The Morgan fingerprint density at radius 1 is 1.15 bits per heavy atom. The maximum atomic E-state index is 14.0. The SMILES string of the molecule is CCN(Cc1ccncc1)c1ccc(C#N)c(F)c1F. The van der Waals surface area contributed by atoms with Crippen molar-refractivity contribution in [3.63, 3.8) is 0 Å². The Labute approximate surface area is 116 Å². The van der Waals surface area contributed by atoms with Gasteiger partial charge in [-0.1, -0.05) is 0 Å². The van der Waals surface area contributed by atoms with E-state index in [4.69, 9.17) is 5.26 Å². The molecule has 2 aromatic rings. The summed E-state index contributed by atoms with van der Waals surface area (Å²) in [6.45, 7) is 2.82. The zero-order valence-corrected chi connectivity index (χ0v) is 11.0. The summed E-state index contributed by atoms with van der Waals surface area (Å²) in [6.07, 6.45) is 3.30. The molecule has 0 spiro atoms. The first-order valence-electron chi connectivity index (χ1n) is 6.19. The molecule has 1 aromatic heterocycles. The maximum Gasteiger partial charge on any atom is 0.183 e. The van der Waals surface area contributed by atoms with Crippen LogP contribution < -0.4 is 4.90 Å². The minimum Gasteiger partial charge on any atom is -0.365 e. The highest BCUT2D eigenvalue weighted by Crippen LogP contribution is 2.25. The van der Waals surface area contributed by atoms with Crippen LogP contribution in [0.15, 0.2) is 36.7 Å². The monoisotopic (exact) mass is 273 g/mol. The van der Waals surface area contributed by atoms with Crippen molar-refractivity contribution in [2.24, 2.45) is 0 Å². The first-order chi connectivity index (χ1) is 9.67. The van der Waals surface area contributed by atoms with Crippen molar-refractivity contribution >= 4 is 5.69 Å². The third-order valence-electron chi connectivity index (χ3n) is 3.03. The van der Waals surface area contributed by atoms with Gasteiger partial charge in [-0.3, -0.25) is 4.98 Å². The number of hydrogen-bond donors (Lipinski definition) is 0. The van der Waals surface area contributed by atoms with Crippen LogP contribution in [0.3, 0.4) is 0 Å². The van der Waals surface area contributed by atoms with Crippen molar-refractivity contribution < 1.29 is 8.78 Å². The molecule has 0 atom stereocenters. The van der Waals surface area contributed by atoms with Gasteiger partial charge in [-0.25, -0.2) is 8.78 Å². The molecule has 0 aliphatic heterocycles. The molecule has 2 rings (SSSR count). The van der Waals surface area contributed by atoms with E-state index < -0.39 is 11.6 Å². The van der Waals surface area contributed by atoms with E-state index in [9.17, 15) is 8.78 Å². The Morgan fingerprint density at radius 3 is 2.45 bits per heavy atom. The lowest BCUT2D eigenvalue weighted by atomic mass is 10.1. The van der Waals surface area contributed by atoms with Gasteiger partial charge in [0.1, 0.15) is 6.07 Å². The molecular weight excluding hydrogens is 260 g/mol. The van der Waals surface area contributed by atoms with Crippen LogP contribution in [0.4, 0.5) is 14.5 Å². The van der Waals surface area contributed by atoms with Crippen LogP contribution in [0, 0.1) is 23.0 Å². The fourth-order valence-electron chi connectivity index (χ4n) is 1.95. The molecule has 0 saturated heterocycles. The number of rotatable bonds is 4. The summed E-state index contributed by atoms with van der Waals surface area (Å²) in [4.78, 5) is 5.62. The van der Waals surface area contributed by atoms with Gasteiger partial charge in [0.15, 0.2) is 11.6 Å². The van der Waals surface area contributed by atoms with Gasteiger partial charge in [0, 0.05) is 25.5 Å². The van der Waals surface area contributed by atoms with Crippen molar-refractivity contribution in [1.82, 2.24) is 4.98 Å².